The highest BCUT2D eigenvalue weighted by Gasteiger charge is 2.03. The van der Waals surface area contributed by atoms with Gasteiger partial charge in [0, 0.05) is 18.8 Å². The summed E-state index contributed by atoms with van der Waals surface area (Å²) in [6.45, 7) is 0.676. The second-order valence-corrected chi connectivity index (χ2v) is 2.80. The maximum Gasteiger partial charge on any atom is 0.254 e. The monoisotopic (exact) mass is 177 g/mol. The zero-order chi connectivity index (χ0) is 9.10. The minimum Gasteiger partial charge on any atom is -0.330 e. The van der Waals surface area contributed by atoms with Gasteiger partial charge in [-0.15, -0.1) is 10.2 Å². The van der Waals surface area contributed by atoms with Crippen LogP contribution in [-0.4, -0.2) is 26.1 Å². The van der Waals surface area contributed by atoms with E-state index in [2.05, 4.69) is 15.2 Å². The Morgan fingerprint density at radius 3 is 3.15 bits per heavy atom. The quantitative estimate of drug-likeness (QED) is 0.717. The Morgan fingerprint density at radius 1 is 1.38 bits per heavy atom. The van der Waals surface area contributed by atoms with Gasteiger partial charge in [-0.05, 0) is 19.0 Å². The first-order valence-corrected chi connectivity index (χ1v) is 4.26. The summed E-state index contributed by atoms with van der Waals surface area (Å²) in [7, 11) is 0. The Balaban J connectivity index is 2.35. The standard InChI is InChI=1S/C8H11N5/c9-4-1-3-7-11-12-8-10-5-2-6-13(7)8/h2,5-6H,1,3-4,9H2. The third-order valence-corrected chi connectivity index (χ3v) is 1.86. The smallest absolute Gasteiger partial charge is 0.254 e. The van der Waals surface area contributed by atoms with E-state index < -0.39 is 0 Å². The fourth-order valence-electron chi connectivity index (χ4n) is 1.22. The van der Waals surface area contributed by atoms with Crippen LogP contribution in [0.5, 0.6) is 0 Å². The molecule has 0 aliphatic heterocycles. The van der Waals surface area contributed by atoms with Crippen molar-refractivity contribution in [3.05, 3.63) is 24.3 Å². The van der Waals surface area contributed by atoms with Crippen molar-refractivity contribution in [3.63, 3.8) is 0 Å². The predicted molar refractivity (Wildman–Crippen MR) is 48.2 cm³/mol. The molecule has 0 saturated carbocycles. The Labute approximate surface area is 75.6 Å². The molecule has 0 fully saturated rings. The van der Waals surface area contributed by atoms with Crippen molar-refractivity contribution in [2.75, 3.05) is 6.54 Å². The van der Waals surface area contributed by atoms with Crippen LogP contribution in [0.2, 0.25) is 0 Å². The van der Waals surface area contributed by atoms with Crippen LogP contribution in [0, 0.1) is 0 Å². The molecule has 2 aromatic heterocycles. The highest BCUT2D eigenvalue weighted by molar-refractivity contribution is 5.25. The van der Waals surface area contributed by atoms with E-state index in [1.807, 2.05) is 16.7 Å². The van der Waals surface area contributed by atoms with E-state index in [1.165, 1.54) is 0 Å². The van der Waals surface area contributed by atoms with Crippen LogP contribution in [0.25, 0.3) is 5.78 Å². The Morgan fingerprint density at radius 2 is 2.31 bits per heavy atom. The maximum absolute atomic E-state index is 5.42. The van der Waals surface area contributed by atoms with Crippen molar-refractivity contribution in [1.82, 2.24) is 19.6 Å². The SMILES string of the molecule is NCCCc1nnc2ncccn12. The summed E-state index contributed by atoms with van der Waals surface area (Å²) >= 11 is 0. The molecule has 2 N–H and O–H groups in total. The molecule has 0 aliphatic rings. The minimum atomic E-state index is 0.648. The van der Waals surface area contributed by atoms with Crippen LogP contribution >= 0.6 is 0 Å². The van der Waals surface area contributed by atoms with Gasteiger partial charge in [-0.3, -0.25) is 4.40 Å². The normalized spacial score (nSPS) is 10.8. The first-order chi connectivity index (χ1) is 6.42. The molecule has 0 radical (unpaired) electrons. The molecule has 5 heteroatoms. The summed E-state index contributed by atoms with van der Waals surface area (Å²) in [5, 5.41) is 7.96. The van der Waals surface area contributed by atoms with Crippen LogP contribution in [0.3, 0.4) is 0 Å². The van der Waals surface area contributed by atoms with E-state index in [1.54, 1.807) is 6.20 Å². The largest absolute Gasteiger partial charge is 0.330 e. The van der Waals surface area contributed by atoms with Gasteiger partial charge in [-0.25, -0.2) is 4.98 Å². The van der Waals surface area contributed by atoms with Crippen LogP contribution < -0.4 is 5.73 Å². The van der Waals surface area contributed by atoms with Crippen molar-refractivity contribution in [3.8, 4) is 0 Å². The molecular weight excluding hydrogens is 166 g/mol. The molecular formula is C8H11N5. The van der Waals surface area contributed by atoms with Crippen LogP contribution in [0.4, 0.5) is 0 Å². The zero-order valence-electron chi connectivity index (χ0n) is 7.22. The lowest BCUT2D eigenvalue weighted by atomic mass is 10.3. The summed E-state index contributed by atoms with van der Waals surface area (Å²) in [6, 6.07) is 1.86. The molecule has 68 valence electrons. The van der Waals surface area contributed by atoms with Gasteiger partial charge >= 0.3 is 0 Å². The molecule has 0 spiro atoms. The van der Waals surface area contributed by atoms with Crippen molar-refractivity contribution in [2.45, 2.75) is 12.8 Å². The zero-order valence-corrected chi connectivity index (χ0v) is 7.22. The first-order valence-electron chi connectivity index (χ1n) is 4.26. The van der Waals surface area contributed by atoms with Gasteiger partial charge in [0.1, 0.15) is 5.82 Å². The van der Waals surface area contributed by atoms with Crippen LogP contribution in [-0.2, 0) is 6.42 Å². The summed E-state index contributed by atoms with van der Waals surface area (Å²) in [4.78, 5) is 4.07. The topological polar surface area (TPSA) is 69.1 Å². The molecule has 2 rings (SSSR count). The third-order valence-electron chi connectivity index (χ3n) is 1.86. The third kappa shape index (κ3) is 1.50. The highest BCUT2D eigenvalue weighted by atomic mass is 15.3. The Kier molecular flexibility index (Phi) is 2.18. The summed E-state index contributed by atoms with van der Waals surface area (Å²) in [5.41, 5.74) is 5.42. The minimum absolute atomic E-state index is 0.648. The van der Waals surface area contributed by atoms with E-state index >= 15 is 0 Å². The number of rotatable bonds is 3. The van der Waals surface area contributed by atoms with Crippen molar-refractivity contribution in [2.24, 2.45) is 5.73 Å². The molecule has 0 saturated heterocycles. The van der Waals surface area contributed by atoms with E-state index in [0.717, 1.165) is 18.7 Å². The molecule has 2 heterocycles. The average molecular weight is 177 g/mol. The van der Waals surface area contributed by atoms with Crippen LogP contribution in [0.1, 0.15) is 12.2 Å². The van der Waals surface area contributed by atoms with E-state index in [9.17, 15) is 0 Å². The Bertz CT molecular complexity index is 394. The second kappa shape index (κ2) is 3.49. The van der Waals surface area contributed by atoms with Gasteiger partial charge in [-0.1, -0.05) is 0 Å². The molecule has 13 heavy (non-hydrogen) atoms. The number of aromatic nitrogens is 4. The maximum atomic E-state index is 5.42. The van der Waals surface area contributed by atoms with Gasteiger partial charge in [0.25, 0.3) is 5.78 Å². The number of hydrogen-bond acceptors (Lipinski definition) is 4. The average Bonchev–Trinajstić information content (AvgIpc) is 2.58. The molecule has 0 atom stereocenters. The van der Waals surface area contributed by atoms with Gasteiger partial charge in [-0.2, -0.15) is 0 Å². The molecule has 0 bridgehead atoms. The molecule has 2 aromatic rings. The number of nitrogens with zero attached hydrogens (tertiary/aromatic N) is 4. The molecule has 0 amide bonds. The van der Waals surface area contributed by atoms with E-state index in [0.29, 0.717) is 12.3 Å². The molecule has 0 unspecified atom stereocenters. The summed E-state index contributed by atoms with van der Waals surface area (Å²) < 4.78 is 1.88. The Hall–Kier alpha value is -1.49. The van der Waals surface area contributed by atoms with Gasteiger partial charge in [0.15, 0.2) is 0 Å². The molecule has 0 aliphatic carbocycles. The first kappa shape index (κ1) is 8.12. The summed E-state index contributed by atoms with van der Waals surface area (Å²) in [6.07, 6.45) is 5.39. The predicted octanol–water partition coefficient (Wildman–Crippen LogP) is 0.0156. The van der Waals surface area contributed by atoms with Gasteiger partial charge < -0.3 is 5.73 Å². The highest BCUT2D eigenvalue weighted by Crippen LogP contribution is 2.01. The second-order valence-electron chi connectivity index (χ2n) is 2.80. The van der Waals surface area contributed by atoms with Crippen LogP contribution in [0.15, 0.2) is 18.5 Å². The van der Waals surface area contributed by atoms with Gasteiger partial charge in [0.05, 0.1) is 0 Å². The molecule has 0 aromatic carbocycles. The number of fused-ring (bicyclic) bond motifs is 1. The molecule has 5 nitrogen and oxygen atoms in total. The number of nitrogens with two attached hydrogens (primary N) is 1. The fraction of sp³-hybridized carbons (Fsp3) is 0.375. The number of hydrogen-bond donors (Lipinski definition) is 1. The lowest BCUT2D eigenvalue weighted by Gasteiger charge is -1.96. The van der Waals surface area contributed by atoms with Crippen molar-refractivity contribution >= 4 is 5.78 Å². The van der Waals surface area contributed by atoms with Crippen molar-refractivity contribution < 1.29 is 0 Å². The summed E-state index contributed by atoms with van der Waals surface area (Å²) in [5.74, 6) is 1.57. The van der Waals surface area contributed by atoms with E-state index in [4.69, 9.17) is 5.73 Å². The number of aryl methyl sites for hydroxylation is 1. The van der Waals surface area contributed by atoms with Gasteiger partial charge in [0.2, 0.25) is 0 Å². The lowest BCUT2D eigenvalue weighted by Crippen LogP contribution is -2.03. The lowest BCUT2D eigenvalue weighted by molar-refractivity contribution is 0.769. The van der Waals surface area contributed by atoms with E-state index in [-0.39, 0.29) is 0 Å². The fourth-order valence-corrected chi connectivity index (χ4v) is 1.22. The van der Waals surface area contributed by atoms with Crippen molar-refractivity contribution in [1.29, 1.82) is 0 Å².